The molecule has 0 aliphatic rings. The van der Waals surface area contributed by atoms with Gasteiger partial charge in [-0.25, -0.2) is 19.7 Å². The van der Waals surface area contributed by atoms with Crippen LogP contribution in [0.15, 0.2) is 62.7 Å². The number of hydrogen-bond acceptors (Lipinski definition) is 8. The smallest absolute Gasteiger partial charge is 0.332 e. The lowest BCUT2D eigenvalue weighted by molar-refractivity contribution is 0.355. The van der Waals surface area contributed by atoms with Gasteiger partial charge in [-0.2, -0.15) is 0 Å². The Balaban J connectivity index is 1.57. The number of nitrogens with zero attached hydrogens (tertiary/aromatic N) is 5. The van der Waals surface area contributed by atoms with Crippen molar-refractivity contribution < 1.29 is 13.9 Å². The van der Waals surface area contributed by atoms with Gasteiger partial charge in [0.15, 0.2) is 23.0 Å². The highest BCUT2D eigenvalue weighted by Crippen LogP contribution is 2.38. The van der Waals surface area contributed by atoms with E-state index in [2.05, 4.69) is 15.0 Å². The molecule has 37 heavy (non-hydrogen) atoms. The Morgan fingerprint density at radius 2 is 1.73 bits per heavy atom. The van der Waals surface area contributed by atoms with Crippen LogP contribution >= 0.6 is 0 Å². The Hall–Kier alpha value is -4.73. The third kappa shape index (κ3) is 4.16. The molecule has 10 heteroatoms. The Kier molecular flexibility index (Phi) is 6.08. The second kappa shape index (κ2) is 9.38. The molecule has 0 aliphatic heterocycles. The van der Waals surface area contributed by atoms with Crippen LogP contribution in [0.1, 0.15) is 17.0 Å². The first-order valence-corrected chi connectivity index (χ1v) is 11.5. The standard InChI is InChI=1S/C27H25N5O5/c1-15-9-11-17(12-10-15)23-28-13-19-24(30-23)31(3)27(34)32(26(19)33)14-20-16(2)37-25(29-20)18-7-6-8-21(35-4)22(18)36-5/h6-13H,14H2,1-5H3. The van der Waals surface area contributed by atoms with Gasteiger partial charge in [0, 0.05) is 18.8 Å². The summed E-state index contributed by atoms with van der Waals surface area (Å²) in [6.07, 6.45) is 1.46. The van der Waals surface area contributed by atoms with Crippen molar-refractivity contribution in [3.05, 3.63) is 86.5 Å². The predicted octanol–water partition coefficient (Wildman–Crippen LogP) is 3.49. The van der Waals surface area contributed by atoms with Crippen molar-refractivity contribution in [1.82, 2.24) is 24.1 Å². The molecule has 0 amide bonds. The zero-order chi connectivity index (χ0) is 26.3. The van der Waals surface area contributed by atoms with Crippen LogP contribution in [0.5, 0.6) is 11.5 Å². The first-order chi connectivity index (χ1) is 17.8. The molecule has 0 fully saturated rings. The van der Waals surface area contributed by atoms with Crippen LogP contribution in [0.3, 0.4) is 0 Å². The van der Waals surface area contributed by atoms with Gasteiger partial charge in [0.05, 0.1) is 26.3 Å². The molecule has 0 bridgehead atoms. The number of oxazole rings is 1. The number of hydrogen-bond donors (Lipinski definition) is 0. The summed E-state index contributed by atoms with van der Waals surface area (Å²) >= 11 is 0. The fourth-order valence-electron chi connectivity index (χ4n) is 4.16. The van der Waals surface area contributed by atoms with Gasteiger partial charge >= 0.3 is 5.69 Å². The molecule has 10 nitrogen and oxygen atoms in total. The van der Waals surface area contributed by atoms with Crippen molar-refractivity contribution in [3.63, 3.8) is 0 Å². The zero-order valence-corrected chi connectivity index (χ0v) is 21.1. The molecule has 0 N–H and O–H groups in total. The van der Waals surface area contributed by atoms with E-state index in [1.54, 1.807) is 39.3 Å². The minimum atomic E-state index is -0.519. The van der Waals surface area contributed by atoms with Crippen LogP contribution in [-0.4, -0.2) is 38.3 Å². The summed E-state index contributed by atoms with van der Waals surface area (Å²) in [4.78, 5) is 40.1. The molecule has 0 atom stereocenters. The topological polar surface area (TPSA) is 114 Å². The van der Waals surface area contributed by atoms with Gasteiger partial charge in [-0.3, -0.25) is 13.9 Å². The van der Waals surface area contributed by atoms with Crippen LogP contribution in [0.25, 0.3) is 33.9 Å². The Morgan fingerprint density at radius 1 is 0.973 bits per heavy atom. The molecule has 0 saturated carbocycles. The Morgan fingerprint density at radius 3 is 2.43 bits per heavy atom. The molecule has 5 aromatic rings. The summed E-state index contributed by atoms with van der Waals surface area (Å²) < 4.78 is 19.2. The van der Waals surface area contributed by atoms with E-state index in [1.165, 1.54) is 17.9 Å². The summed E-state index contributed by atoms with van der Waals surface area (Å²) in [6, 6.07) is 13.1. The van der Waals surface area contributed by atoms with E-state index in [0.29, 0.717) is 40.2 Å². The van der Waals surface area contributed by atoms with E-state index >= 15 is 0 Å². The maximum Gasteiger partial charge on any atom is 0.332 e. The third-order valence-corrected chi connectivity index (χ3v) is 6.22. The summed E-state index contributed by atoms with van der Waals surface area (Å²) in [7, 11) is 4.65. The van der Waals surface area contributed by atoms with Gasteiger partial charge in [0.25, 0.3) is 5.56 Å². The average molecular weight is 500 g/mol. The SMILES string of the molecule is COc1cccc(-c2nc(Cn3c(=O)c4cnc(-c5ccc(C)cc5)nc4n(C)c3=O)c(C)o2)c1OC. The number of methoxy groups -OCH3 is 2. The molecule has 5 rings (SSSR count). The Labute approximate surface area is 211 Å². The third-order valence-electron chi connectivity index (χ3n) is 6.22. The van der Waals surface area contributed by atoms with Crippen LogP contribution < -0.4 is 20.7 Å². The molecule has 0 aliphatic carbocycles. The Bertz CT molecular complexity index is 1750. The molecular formula is C27H25N5O5. The van der Waals surface area contributed by atoms with Crippen molar-refractivity contribution in [2.45, 2.75) is 20.4 Å². The molecular weight excluding hydrogens is 474 g/mol. The maximum absolute atomic E-state index is 13.3. The molecule has 0 unspecified atom stereocenters. The summed E-state index contributed by atoms with van der Waals surface area (Å²) in [5.41, 5.74) is 2.17. The molecule has 188 valence electrons. The lowest BCUT2D eigenvalue weighted by atomic mass is 10.1. The molecule has 0 radical (unpaired) electrons. The molecule has 0 saturated heterocycles. The van der Waals surface area contributed by atoms with Crippen LogP contribution in [0.2, 0.25) is 0 Å². The van der Waals surface area contributed by atoms with Gasteiger partial charge in [0.1, 0.15) is 16.8 Å². The second-order valence-electron chi connectivity index (χ2n) is 8.59. The highest BCUT2D eigenvalue weighted by molar-refractivity contribution is 5.75. The number of ether oxygens (including phenoxy) is 2. The van der Waals surface area contributed by atoms with Gasteiger partial charge in [-0.15, -0.1) is 0 Å². The number of benzene rings is 2. The van der Waals surface area contributed by atoms with Crippen molar-refractivity contribution in [2.75, 3.05) is 14.2 Å². The van der Waals surface area contributed by atoms with Gasteiger partial charge in [0.2, 0.25) is 5.89 Å². The predicted molar refractivity (Wildman–Crippen MR) is 138 cm³/mol. The minimum absolute atomic E-state index is 0.0806. The quantitative estimate of drug-likeness (QED) is 0.349. The monoisotopic (exact) mass is 499 g/mol. The summed E-state index contributed by atoms with van der Waals surface area (Å²) in [5, 5.41) is 0.230. The first kappa shape index (κ1) is 24.0. The molecule has 0 spiro atoms. The number of para-hydroxylation sites is 1. The molecule has 3 heterocycles. The average Bonchev–Trinajstić information content (AvgIpc) is 3.29. The summed E-state index contributed by atoms with van der Waals surface area (Å²) in [6.45, 7) is 3.64. The van der Waals surface area contributed by atoms with Crippen LogP contribution in [0.4, 0.5) is 0 Å². The normalized spacial score (nSPS) is 11.2. The second-order valence-corrected chi connectivity index (χ2v) is 8.59. The van der Waals surface area contributed by atoms with Crippen LogP contribution in [-0.2, 0) is 13.6 Å². The lowest BCUT2D eigenvalue weighted by Gasteiger charge is -2.10. The lowest BCUT2D eigenvalue weighted by Crippen LogP contribution is -2.40. The van der Waals surface area contributed by atoms with E-state index in [4.69, 9.17) is 13.9 Å². The van der Waals surface area contributed by atoms with Crippen molar-refractivity contribution in [1.29, 1.82) is 0 Å². The van der Waals surface area contributed by atoms with Crippen LogP contribution in [0, 0.1) is 13.8 Å². The van der Waals surface area contributed by atoms with Crippen molar-refractivity contribution >= 4 is 11.0 Å². The van der Waals surface area contributed by atoms with Crippen molar-refractivity contribution in [3.8, 4) is 34.3 Å². The number of rotatable bonds is 6. The number of aromatic nitrogens is 5. The van der Waals surface area contributed by atoms with E-state index in [9.17, 15) is 9.59 Å². The highest BCUT2D eigenvalue weighted by atomic mass is 16.5. The first-order valence-electron chi connectivity index (χ1n) is 11.5. The fraction of sp³-hybridized carbons (Fsp3) is 0.222. The van der Waals surface area contributed by atoms with Crippen molar-refractivity contribution in [2.24, 2.45) is 7.05 Å². The summed E-state index contributed by atoms with van der Waals surface area (Å²) in [5.74, 6) is 2.20. The van der Waals surface area contributed by atoms with E-state index in [0.717, 1.165) is 15.7 Å². The number of fused-ring (bicyclic) bond motifs is 1. The van der Waals surface area contributed by atoms with E-state index in [-0.39, 0.29) is 17.6 Å². The largest absolute Gasteiger partial charge is 0.493 e. The highest BCUT2D eigenvalue weighted by Gasteiger charge is 2.21. The maximum atomic E-state index is 13.3. The number of aryl methyl sites for hydroxylation is 3. The molecule has 2 aromatic carbocycles. The van der Waals surface area contributed by atoms with Gasteiger partial charge in [-0.05, 0) is 26.0 Å². The van der Waals surface area contributed by atoms with Gasteiger partial charge in [-0.1, -0.05) is 35.9 Å². The molecule has 3 aromatic heterocycles. The minimum Gasteiger partial charge on any atom is -0.493 e. The van der Waals surface area contributed by atoms with E-state index in [1.807, 2.05) is 31.2 Å². The van der Waals surface area contributed by atoms with Gasteiger partial charge < -0.3 is 13.9 Å². The zero-order valence-electron chi connectivity index (χ0n) is 21.1. The van der Waals surface area contributed by atoms with E-state index < -0.39 is 11.2 Å². The fourth-order valence-corrected chi connectivity index (χ4v) is 4.16.